The van der Waals surface area contributed by atoms with Crippen LogP contribution in [0.15, 0.2) is 54.7 Å². The number of aromatic nitrogens is 1. The predicted molar refractivity (Wildman–Crippen MR) is 138 cm³/mol. The number of pyridine rings is 1. The second kappa shape index (κ2) is 11.5. The molecule has 0 saturated carbocycles. The zero-order chi connectivity index (χ0) is 28.2. The van der Waals surface area contributed by atoms with E-state index in [0.29, 0.717) is 6.07 Å². The summed E-state index contributed by atoms with van der Waals surface area (Å²) in [6.45, 7) is 2.60. The molecular formula is C27H25F3N4O5. The van der Waals surface area contributed by atoms with Gasteiger partial charge >= 0.3 is 12.3 Å². The largest absolute Gasteiger partial charge is 0.465 e. The Bertz CT molecular complexity index is 1400. The summed E-state index contributed by atoms with van der Waals surface area (Å²) in [5, 5.41) is 13.6. The van der Waals surface area contributed by atoms with Crippen molar-refractivity contribution in [1.29, 1.82) is 0 Å². The van der Waals surface area contributed by atoms with Gasteiger partial charge in [0, 0.05) is 30.5 Å². The number of alkyl halides is 3. The second-order valence-corrected chi connectivity index (χ2v) is 8.86. The van der Waals surface area contributed by atoms with Crippen LogP contribution in [0.5, 0.6) is 0 Å². The Morgan fingerprint density at radius 3 is 2.36 bits per heavy atom. The van der Waals surface area contributed by atoms with E-state index in [1.165, 1.54) is 11.0 Å². The molecule has 0 atom stereocenters. The molecule has 4 rings (SSSR count). The Labute approximate surface area is 221 Å². The molecule has 1 aromatic heterocycles. The van der Waals surface area contributed by atoms with E-state index < -0.39 is 41.6 Å². The highest BCUT2D eigenvalue weighted by atomic mass is 19.4. The number of nitrogens with zero attached hydrogens (tertiary/aromatic N) is 2. The number of ether oxygens (including phenoxy) is 1. The summed E-state index contributed by atoms with van der Waals surface area (Å²) < 4.78 is 47.2. The zero-order valence-corrected chi connectivity index (χ0v) is 20.8. The third kappa shape index (κ3) is 6.90. The van der Waals surface area contributed by atoms with Gasteiger partial charge < -0.3 is 20.1 Å². The topological polar surface area (TPSA) is 121 Å². The lowest BCUT2D eigenvalue weighted by Gasteiger charge is -2.32. The van der Waals surface area contributed by atoms with Gasteiger partial charge in [-0.15, -0.1) is 0 Å². The molecular weight excluding hydrogens is 517 g/mol. The van der Waals surface area contributed by atoms with E-state index in [1.54, 1.807) is 30.5 Å². The summed E-state index contributed by atoms with van der Waals surface area (Å²) >= 11 is 0. The van der Waals surface area contributed by atoms with E-state index >= 15 is 0 Å². The molecule has 2 heterocycles. The minimum Gasteiger partial charge on any atom is -0.465 e. The smallest absolute Gasteiger partial charge is 0.418 e. The monoisotopic (exact) mass is 542 g/mol. The number of hydrogen-bond acceptors (Lipinski definition) is 6. The maximum Gasteiger partial charge on any atom is 0.418 e. The van der Waals surface area contributed by atoms with Crippen LogP contribution < -0.4 is 15.5 Å². The highest BCUT2D eigenvalue weighted by molar-refractivity contribution is 6.12. The van der Waals surface area contributed by atoms with Crippen molar-refractivity contribution in [3.8, 4) is 11.1 Å². The van der Waals surface area contributed by atoms with Gasteiger partial charge in [-0.1, -0.05) is 18.2 Å². The molecule has 2 aromatic carbocycles. The first-order valence-electron chi connectivity index (χ1n) is 12.0. The number of rotatable bonds is 7. The quantitative estimate of drug-likeness (QED) is 0.277. The molecule has 0 unspecified atom stereocenters. The number of carbonyl (C=O) groups is 3. The van der Waals surface area contributed by atoms with Crippen LogP contribution in [0, 0.1) is 6.92 Å². The van der Waals surface area contributed by atoms with Crippen molar-refractivity contribution >= 4 is 34.8 Å². The number of carboxylic acid groups (broad SMARTS) is 1. The van der Waals surface area contributed by atoms with Crippen molar-refractivity contribution in [3.63, 3.8) is 0 Å². The standard InChI is InChI=1S/C27H25F3N4O5/c1-16-11-18(5-6-31-16)17-3-2-4-19(12-17)24(35)15-25(36)32-21-13-20(27(28,29)30)23(14-22(21)33-26(37)38)34-7-9-39-10-8-34/h2-6,11-14,33H,7-10,15H2,1H3,(H,32,36)(H,37,38). The summed E-state index contributed by atoms with van der Waals surface area (Å²) in [4.78, 5) is 42.6. The first kappa shape index (κ1) is 27.6. The Hall–Kier alpha value is -4.45. The van der Waals surface area contributed by atoms with Crippen molar-refractivity contribution < 1.29 is 37.4 Å². The number of nitrogens with one attached hydrogen (secondary N) is 2. The first-order valence-corrected chi connectivity index (χ1v) is 12.0. The highest BCUT2D eigenvalue weighted by Gasteiger charge is 2.37. The fourth-order valence-corrected chi connectivity index (χ4v) is 4.24. The van der Waals surface area contributed by atoms with Gasteiger partial charge in [0.1, 0.15) is 0 Å². The van der Waals surface area contributed by atoms with Crippen molar-refractivity contribution in [2.45, 2.75) is 19.5 Å². The van der Waals surface area contributed by atoms with Crippen LogP contribution in [0.25, 0.3) is 11.1 Å². The molecule has 1 saturated heterocycles. The van der Waals surface area contributed by atoms with E-state index in [9.17, 15) is 32.7 Å². The van der Waals surface area contributed by atoms with Crippen LogP contribution in [-0.2, 0) is 15.7 Å². The number of carbonyl (C=O) groups excluding carboxylic acids is 2. The first-order chi connectivity index (χ1) is 18.5. The van der Waals surface area contributed by atoms with Gasteiger partial charge in [-0.3, -0.25) is 19.9 Å². The van der Waals surface area contributed by atoms with Gasteiger partial charge in [-0.2, -0.15) is 13.2 Å². The fourth-order valence-electron chi connectivity index (χ4n) is 4.24. The van der Waals surface area contributed by atoms with E-state index in [-0.39, 0.29) is 43.2 Å². The summed E-state index contributed by atoms with van der Waals surface area (Å²) in [5.74, 6) is -1.46. The van der Waals surface area contributed by atoms with Gasteiger partial charge in [0.25, 0.3) is 0 Å². The number of hydrogen-bond donors (Lipinski definition) is 3. The van der Waals surface area contributed by atoms with Gasteiger partial charge in [-0.05, 0) is 48.4 Å². The van der Waals surface area contributed by atoms with E-state index in [2.05, 4.69) is 10.3 Å². The zero-order valence-electron chi connectivity index (χ0n) is 20.8. The van der Waals surface area contributed by atoms with Crippen molar-refractivity contribution in [3.05, 3.63) is 71.5 Å². The average molecular weight is 543 g/mol. The van der Waals surface area contributed by atoms with Gasteiger partial charge in [0.05, 0.1) is 42.3 Å². The van der Waals surface area contributed by atoms with E-state index in [1.807, 2.05) is 18.3 Å². The van der Waals surface area contributed by atoms with Crippen molar-refractivity contribution in [2.75, 3.05) is 41.8 Å². The van der Waals surface area contributed by atoms with Crippen molar-refractivity contribution in [2.24, 2.45) is 0 Å². The highest BCUT2D eigenvalue weighted by Crippen LogP contribution is 2.42. The van der Waals surface area contributed by atoms with Crippen LogP contribution in [0.2, 0.25) is 0 Å². The molecule has 0 radical (unpaired) electrons. The number of aryl methyl sites for hydroxylation is 1. The van der Waals surface area contributed by atoms with Gasteiger partial charge in [-0.25, -0.2) is 4.79 Å². The number of amides is 2. The molecule has 3 N–H and O–H groups in total. The third-order valence-corrected chi connectivity index (χ3v) is 6.04. The van der Waals surface area contributed by atoms with Crippen LogP contribution in [-0.4, -0.2) is 54.2 Å². The lowest BCUT2D eigenvalue weighted by molar-refractivity contribution is -0.137. The Balaban J connectivity index is 1.59. The fraction of sp³-hybridized carbons (Fsp3) is 0.259. The molecule has 39 heavy (non-hydrogen) atoms. The van der Waals surface area contributed by atoms with E-state index in [0.717, 1.165) is 22.9 Å². The lowest BCUT2D eigenvalue weighted by Crippen LogP contribution is -2.37. The summed E-state index contributed by atoms with van der Waals surface area (Å²) in [6, 6.07) is 11.9. The second-order valence-electron chi connectivity index (χ2n) is 8.86. The molecule has 0 aliphatic carbocycles. The molecule has 2 amide bonds. The number of Topliss-reactive ketones (excluding diaryl/α,β-unsaturated/α-hetero) is 1. The minimum atomic E-state index is -4.80. The number of anilines is 3. The predicted octanol–water partition coefficient (Wildman–Crippen LogP) is 5.21. The SMILES string of the molecule is Cc1cc(-c2cccc(C(=O)CC(=O)Nc3cc(C(F)(F)F)c(N4CCOCC4)cc3NC(=O)O)c2)ccn1. The molecule has 0 spiro atoms. The number of ketones is 1. The van der Waals surface area contributed by atoms with Crippen molar-refractivity contribution in [1.82, 2.24) is 4.98 Å². The van der Waals surface area contributed by atoms with Crippen LogP contribution in [0.1, 0.15) is 28.0 Å². The average Bonchev–Trinajstić information content (AvgIpc) is 2.89. The van der Waals surface area contributed by atoms with Gasteiger partial charge in [0.2, 0.25) is 5.91 Å². The maximum absolute atomic E-state index is 14.0. The number of halogens is 3. The molecule has 9 nitrogen and oxygen atoms in total. The molecule has 1 fully saturated rings. The molecule has 1 aliphatic heterocycles. The summed E-state index contributed by atoms with van der Waals surface area (Å²) in [5.41, 5.74) is 0.605. The Morgan fingerprint density at radius 1 is 1.00 bits per heavy atom. The van der Waals surface area contributed by atoms with E-state index in [4.69, 9.17) is 4.74 Å². The summed E-state index contributed by atoms with van der Waals surface area (Å²) in [6.07, 6.45) is -5.36. The number of morpholine rings is 1. The van der Waals surface area contributed by atoms with Gasteiger partial charge in [0.15, 0.2) is 5.78 Å². The summed E-state index contributed by atoms with van der Waals surface area (Å²) in [7, 11) is 0. The molecule has 204 valence electrons. The Morgan fingerprint density at radius 2 is 1.69 bits per heavy atom. The van der Waals surface area contributed by atoms with Crippen LogP contribution in [0.4, 0.5) is 35.0 Å². The maximum atomic E-state index is 14.0. The third-order valence-electron chi connectivity index (χ3n) is 6.04. The molecule has 3 aromatic rings. The Kier molecular flexibility index (Phi) is 8.15. The molecule has 1 aliphatic rings. The number of benzene rings is 2. The molecule has 12 heteroatoms. The normalized spacial score (nSPS) is 13.6. The lowest BCUT2D eigenvalue weighted by atomic mass is 10.0. The van der Waals surface area contributed by atoms with Crippen LogP contribution in [0.3, 0.4) is 0 Å². The molecule has 0 bridgehead atoms. The minimum absolute atomic E-state index is 0.175. The van der Waals surface area contributed by atoms with Crippen LogP contribution >= 0.6 is 0 Å².